The molecule has 0 saturated carbocycles. The molecule has 1 aromatic rings. The van der Waals surface area contributed by atoms with Gasteiger partial charge in [-0.3, -0.25) is 4.79 Å². The summed E-state index contributed by atoms with van der Waals surface area (Å²) in [5, 5.41) is 3.76. The Bertz CT molecular complexity index is 389. The summed E-state index contributed by atoms with van der Waals surface area (Å²) >= 11 is 17.4. The Balaban J connectivity index is 2.41. The highest BCUT2D eigenvalue weighted by molar-refractivity contribution is 6.35. The van der Waals surface area contributed by atoms with Crippen molar-refractivity contribution in [1.82, 2.24) is 5.32 Å². The third-order valence-electron chi connectivity index (χ3n) is 2.55. The van der Waals surface area contributed by atoms with Crippen molar-refractivity contribution >= 4 is 40.7 Å². The molecule has 100 valence electrons. The van der Waals surface area contributed by atoms with Crippen LogP contribution in [0.1, 0.15) is 30.1 Å². The number of benzene rings is 1. The Hall–Kier alpha value is -0.440. The SMILES string of the molecule is CC(CCl)CCCNC(=O)c1cc(Cl)cc(Cl)c1. The Labute approximate surface area is 123 Å². The molecule has 0 bridgehead atoms. The molecule has 5 heteroatoms. The second-order valence-electron chi connectivity index (χ2n) is 4.32. The van der Waals surface area contributed by atoms with Crippen molar-refractivity contribution in [2.24, 2.45) is 5.92 Å². The van der Waals surface area contributed by atoms with E-state index in [1.54, 1.807) is 18.2 Å². The number of hydrogen-bond donors (Lipinski definition) is 1. The number of nitrogens with one attached hydrogen (secondary N) is 1. The minimum Gasteiger partial charge on any atom is -0.352 e. The van der Waals surface area contributed by atoms with Crippen molar-refractivity contribution in [3.8, 4) is 0 Å². The molecule has 0 heterocycles. The summed E-state index contributed by atoms with van der Waals surface area (Å²) in [6.45, 7) is 2.72. The van der Waals surface area contributed by atoms with Crippen molar-refractivity contribution in [3.05, 3.63) is 33.8 Å². The van der Waals surface area contributed by atoms with Crippen molar-refractivity contribution in [2.75, 3.05) is 12.4 Å². The largest absolute Gasteiger partial charge is 0.352 e. The Kier molecular flexibility index (Phi) is 6.83. The van der Waals surface area contributed by atoms with E-state index >= 15 is 0 Å². The maximum absolute atomic E-state index is 11.8. The van der Waals surface area contributed by atoms with Gasteiger partial charge in [0.15, 0.2) is 0 Å². The fourth-order valence-electron chi connectivity index (χ4n) is 1.52. The number of carbonyl (C=O) groups is 1. The lowest BCUT2D eigenvalue weighted by atomic mass is 10.1. The van der Waals surface area contributed by atoms with E-state index in [-0.39, 0.29) is 5.91 Å². The van der Waals surface area contributed by atoms with Crippen LogP contribution in [0.15, 0.2) is 18.2 Å². The number of carbonyl (C=O) groups excluding carboxylic acids is 1. The normalized spacial score (nSPS) is 12.2. The molecule has 0 saturated heterocycles. The predicted octanol–water partition coefficient (Wildman–Crippen LogP) is 4.38. The van der Waals surface area contributed by atoms with Gasteiger partial charge in [-0.05, 0) is 37.0 Å². The van der Waals surface area contributed by atoms with Crippen LogP contribution in [0.5, 0.6) is 0 Å². The van der Waals surface area contributed by atoms with Crippen LogP contribution < -0.4 is 5.32 Å². The van der Waals surface area contributed by atoms with Crippen LogP contribution in [0.4, 0.5) is 0 Å². The van der Waals surface area contributed by atoms with Gasteiger partial charge >= 0.3 is 0 Å². The van der Waals surface area contributed by atoms with Crippen LogP contribution in [0.3, 0.4) is 0 Å². The Morgan fingerprint density at radius 1 is 1.28 bits per heavy atom. The number of rotatable bonds is 6. The van der Waals surface area contributed by atoms with Crippen molar-refractivity contribution in [2.45, 2.75) is 19.8 Å². The molecule has 0 aliphatic rings. The number of hydrogen-bond acceptors (Lipinski definition) is 1. The summed E-state index contributed by atoms with van der Waals surface area (Å²) in [6, 6.07) is 4.80. The van der Waals surface area contributed by atoms with Gasteiger partial charge in [0, 0.05) is 28.0 Å². The van der Waals surface area contributed by atoms with Gasteiger partial charge in [-0.2, -0.15) is 0 Å². The monoisotopic (exact) mass is 307 g/mol. The van der Waals surface area contributed by atoms with Gasteiger partial charge in [0.2, 0.25) is 0 Å². The first-order valence-electron chi connectivity index (χ1n) is 5.83. The molecule has 0 fully saturated rings. The zero-order valence-electron chi connectivity index (χ0n) is 10.2. The molecule has 1 rings (SSSR count). The zero-order chi connectivity index (χ0) is 13.5. The average Bonchev–Trinajstić information content (AvgIpc) is 2.32. The highest BCUT2D eigenvalue weighted by Gasteiger charge is 2.07. The van der Waals surface area contributed by atoms with Crippen LogP contribution >= 0.6 is 34.8 Å². The lowest BCUT2D eigenvalue weighted by Gasteiger charge is -2.08. The molecule has 0 aliphatic carbocycles. The van der Waals surface area contributed by atoms with Crippen molar-refractivity contribution < 1.29 is 4.79 Å². The van der Waals surface area contributed by atoms with Crippen LogP contribution in [-0.4, -0.2) is 18.3 Å². The summed E-state index contributed by atoms with van der Waals surface area (Å²) in [6.07, 6.45) is 1.91. The van der Waals surface area contributed by atoms with E-state index in [0.29, 0.717) is 34.0 Å². The first-order chi connectivity index (χ1) is 8.52. The van der Waals surface area contributed by atoms with Crippen LogP contribution in [-0.2, 0) is 0 Å². The van der Waals surface area contributed by atoms with Crippen molar-refractivity contribution in [1.29, 1.82) is 0 Å². The third-order valence-corrected chi connectivity index (χ3v) is 3.51. The Morgan fingerprint density at radius 3 is 2.44 bits per heavy atom. The molecular formula is C13H16Cl3NO. The van der Waals surface area contributed by atoms with Gasteiger partial charge in [0.05, 0.1) is 0 Å². The van der Waals surface area contributed by atoms with Crippen molar-refractivity contribution in [3.63, 3.8) is 0 Å². The van der Waals surface area contributed by atoms with Gasteiger partial charge in [-0.1, -0.05) is 30.1 Å². The highest BCUT2D eigenvalue weighted by Crippen LogP contribution is 2.18. The summed E-state index contributed by atoms with van der Waals surface area (Å²) in [7, 11) is 0. The molecule has 0 spiro atoms. The van der Waals surface area contributed by atoms with E-state index in [1.165, 1.54) is 0 Å². The highest BCUT2D eigenvalue weighted by atomic mass is 35.5. The van der Waals surface area contributed by atoms with Crippen LogP contribution in [0.2, 0.25) is 10.0 Å². The summed E-state index contributed by atoms with van der Waals surface area (Å²) in [5.41, 5.74) is 0.484. The van der Waals surface area contributed by atoms with E-state index < -0.39 is 0 Å². The van der Waals surface area contributed by atoms with Gasteiger partial charge in [0.25, 0.3) is 5.91 Å². The molecule has 2 nitrogen and oxygen atoms in total. The van der Waals surface area contributed by atoms with Crippen LogP contribution in [0.25, 0.3) is 0 Å². The second kappa shape index (κ2) is 7.88. The Morgan fingerprint density at radius 2 is 1.89 bits per heavy atom. The quantitative estimate of drug-likeness (QED) is 0.613. The first kappa shape index (κ1) is 15.6. The summed E-state index contributed by atoms with van der Waals surface area (Å²) < 4.78 is 0. The predicted molar refractivity (Wildman–Crippen MR) is 77.9 cm³/mol. The smallest absolute Gasteiger partial charge is 0.251 e. The third kappa shape index (κ3) is 5.47. The fourth-order valence-corrected chi connectivity index (χ4v) is 2.20. The lowest BCUT2D eigenvalue weighted by molar-refractivity contribution is 0.0952. The molecule has 1 aromatic carbocycles. The number of amides is 1. The van der Waals surface area contributed by atoms with Gasteiger partial charge in [-0.25, -0.2) is 0 Å². The molecule has 1 N–H and O–H groups in total. The maximum atomic E-state index is 11.8. The molecule has 0 radical (unpaired) electrons. The molecule has 0 aliphatic heterocycles. The van der Waals surface area contributed by atoms with Gasteiger partial charge < -0.3 is 5.32 Å². The standard InChI is InChI=1S/C13H16Cl3NO/c1-9(8-14)3-2-4-17-13(18)10-5-11(15)7-12(16)6-10/h5-7,9H,2-4,8H2,1H3,(H,17,18). The molecular weight excluding hydrogens is 293 g/mol. The fraction of sp³-hybridized carbons (Fsp3) is 0.462. The topological polar surface area (TPSA) is 29.1 Å². The van der Waals surface area contributed by atoms with E-state index in [2.05, 4.69) is 12.2 Å². The zero-order valence-corrected chi connectivity index (χ0v) is 12.4. The molecule has 18 heavy (non-hydrogen) atoms. The van der Waals surface area contributed by atoms with Crippen LogP contribution in [0, 0.1) is 5.92 Å². The van der Waals surface area contributed by atoms with E-state index in [9.17, 15) is 4.79 Å². The second-order valence-corrected chi connectivity index (χ2v) is 5.50. The van der Waals surface area contributed by atoms with E-state index in [4.69, 9.17) is 34.8 Å². The molecule has 1 unspecified atom stereocenters. The van der Waals surface area contributed by atoms with Gasteiger partial charge in [0.1, 0.15) is 0 Å². The average molecular weight is 309 g/mol. The van der Waals surface area contributed by atoms with Gasteiger partial charge in [-0.15, -0.1) is 11.6 Å². The first-order valence-corrected chi connectivity index (χ1v) is 7.12. The van der Waals surface area contributed by atoms with E-state index in [1.807, 2.05) is 0 Å². The number of halogens is 3. The summed E-state index contributed by atoms with van der Waals surface area (Å²) in [5.74, 6) is 0.972. The minimum atomic E-state index is -0.155. The summed E-state index contributed by atoms with van der Waals surface area (Å²) in [4.78, 5) is 11.8. The molecule has 0 aromatic heterocycles. The van der Waals surface area contributed by atoms with E-state index in [0.717, 1.165) is 12.8 Å². The molecule has 1 atom stereocenters. The maximum Gasteiger partial charge on any atom is 0.251 e. The lowest BCUT2D eigenvalue weighted by Crippen LogP contribution is -2.24. The molecule has 1 amide bonds. The minimum absolute atomic E-state index is 0.155. The number of alkyl halides is 1.